The highest BCUT2D eigenvalue weighted by Crippen LogP contribution is 2.41. The van der Waals surface area contributed by atoms with Crippen LogP contribution in [0.2, 0.25) is 0 Å². The smallest absolute Gasteiger partial charge is 0.338 e. The number of hydrogen-bond donors (Lipinski definition) is 0. The molecule has 4 heteroatoms. The SMILES string of the molecule is CCc1cc(C2OC2C(=O)OC2CCC2)ccc1OC. The van der Waals surface area contributed by atoms with Crippen molar-refractivity contribution in [2.24, 2.45) is 0 Å². The summed E-state index contributed by atoms with van der Waals surface area (Å²) < 4.78 is 16.2. The molecule has 108 valence electrons. The normalized spacial score (nSPS) is 24.9. The molecule has 1 aliphatic carbocycles. The fraction of sp³-hybridized carbons (Fsp3) is 0.562. The molecule has 1 heterocycles. The van der Waals surface area contributed by atoms with Gasteiger partial charge in [0.1, 0.15) is 18.0 Å². The minimum atomic E-state index is -0.422. The van der Waals surface area contributed by atoms with Gasteiger partial charge in [0.25, 0.3) is 0 Å². The summed E-state index contributed by atoms with van der Waals surface area (Å²) in [5.74, 6) is 0.666. The van der Waals surface area contributed by atoms with Crippen LogP contribution in [0.5, 0.6) is 5.75 Å². The summed E-state index contributed by atoms with van der Waals surface area (Å²) in [5.41, 5.74) is 2.16. The molecule has 0 spiro atoms. The van der Waals surface area contributed by atoms with Crippen molar-refractivity contribution >= 4 is 5.97 Å². The van der Waals surface area contributed by atoms with Crippen LogP contribution in [0.15, 0.2) is 18.2 Å². The lowest BCUT2D eigenvalue weighted by Crippen LogP contribution is -2.27. The second-order valence-corrected chi connectivity index (χ2v) is 5.39. The summed E-state index contributed by atoms with van der Waals surface area (Å²) in [6.45, 7) is 2.08. The van der Waals surface area contributed by atoms with Crippen LogP contribution >= 0.6 is 0 Å². The van der Waals surface area contributed by atoms with Gasteiger partial charge in [0.2, 0.25) is 0 Å². The predicted octanol–water partition coefficient (Wildman–Crippen LogP) is 2.79. The molecule has 1 aliphatic heterocycles. The lowest BCUT2D eigenvalue weighted by atomic mass is 9.96. The number of methoxy groups -OCH3 is 1. The Labute approximate surface area is 119 Å². The van der Waals surface area contributed by atoms with E-state index in [1.54, 1.807) is 7.11 Å². The van der Waals surface area contributed by atoms with E-state index in [2.05, 4.69) is 13.0 Å². The molecule has 20 heavy (non-hydrogen) atoms. The van der Waals surface area contributed by atoms with Crippen LogP contribution in [0, 0.1) is 0 Å². The monoisotopic (exact) mass is 276 g/mol. The van der Waals surface area contributed by atoms with Crippen molar-refractivity contribution < 1.29 is 19.0 Å². The zero-order chi connectivity index (χ0) is 14.1. The van der Waals surface area contributed by atoms with Gasteiger partial charge in [-0.3, -0.25) is 0 Å². The van der Waals surface area contributed by atoms with Gasteiger partial charge in [0, 0.05) is 0 Å². The predicted molar refractivity (Wildman–Crippen MR) is 73.7 cm³/mol. The molecule has 1 saturated heterocycles. The number of esters is 1. The number of carbonyl (C=O) groups excluding carboxylic acids is 1. The second kappa shape index (κ2) is 5.44. The maximum Gasteiger partial charge on any atom is 0.338 e. The average Bonchev–Trinajstić information content (AvgIpc) is 3.22. The summed E-state index contributed by atoms with van der Waals surface area (Å²) in [7, 11) is 1.67. The zero-order valence-corrected chi connectivity index (χ0v) is 11.9. The summed E-state index contributed by atoms with van der Waals surface area (Å²) in [6, 6.07) is 5.95. The number of aryl methyl sites for hydroxylation is 1. The topological polar surface area (TPSA) is 48.1 Å². The Balaban J connectivity index is 1.64. The molecule has 0 amide bonds. The first kappa shape index (κ1) is 13.4. The summed E-state index contributed by atoms with van der Waals surface area (Å²) in [5, 5.41) is 0. The molecule has 4 nitrogen and oxygen atoms in total. The van der Waals surface area contributed by atoms with Crippen molar-refractivity contribution in [1.29, 1.82) is 0 Å². The molecule has 0 bridgehead atoms. The van der Waals surface area contributed by atoms with Gasteiger partial charge >= 0.3 is 5.97 Å². The van der Waals surface area contributed by atoms with Crippen molar-refractivity contribution in [3.05, 3.63) is 29.3 Å². The lowest BCUT2D eigenvalue weighted by molar-refractivity contribution is -0.154. The van der Waals surface area contributed by atoms with E-state index in [0.717, 1.165) is 42.6 Å². The first-order valence-electron chi connectivity index (χ1n) is 7.25. The van der Waals surface area contributed by atoms with Gasteiger partial charge in [-0.2, -0.15) is 0 Å². The Morgan fingerprint density at radius 3 is 2.80 bits per heavy atom. The number of hydrogen-bond acceptors (Lipinski definition) is 4. The molecule has 0 radical (unpaired) electrons. The van der Waals surface area contributed by atoms with Crippen LogP contribution in [0.4, 0.5) is 0 Å². The molecule has 2 atom stereocenters. The minimum Gasteiger partial charge on any atom is -0.496 e. The highest BCUT2D eigenvalue weighted by Gasteiger charge is 2.48. The number of epoxide rings is 1. The molecule has 0 N–H and O–H groups in total. The molecule has 3 rings (SSSR count). The zero-order valence-electron chi connectivity index (χ0n) is 11.9. The number of carbonyl (C=O) groups is 1. The number of rotatable bonds is 5. The average molecular weight is 276 g/mol. The maximum absolute atomic E-state index is 11.9. The van der Waals surface area contributed by atoms with Crippen LogP contribution in [-0.4, -0.2) is 25.3 Å². The van der Waals surface area contributed by atoms with E-state index in [4.69, 9.17) is 14.2 Å². The molecule has 2 unspecified atom stereocenters. The third-order valence-electron chi connectivity index (χ3n) is 4.07. The van der Waals surface area contributed by atoms with Crippen molar-refractivity contribution in [1.82, 2.24) is 0 Å². The Hall–Kier alpha value is -1.55. The fourth-order valence-corrected chi connectivity index (χ4v) is 2.52. The van der Waals surface area contributed by atoms with Gasteiger partial charge in [-0.05, 0) is 48.9 Å². The third kappa shape index (κ3) is 2.52. The summed E-state index contributed by atoms with van der Waals surface area (Å²) >= 11 is 0. The van der Waals surface area contributed by atoms with Gasteiger partial charge in [-0.15, -0.1) is 0 Å². The summed E-state index contributed by atoms with van der Waals surface area (Å²) in [4.78, 5) is 11.9. The number of benzene rings is 1. The van der Waals surface area contributed by atoms with E-state index in [1.165, 1.54) is 0 Å². The van der Waals surface area contributed by atoms with Crippen molar-refractivity contribution in [3.8, 4) is 5.75 Å². The highest BCUT2D eigenvalue weighted by molar-refractivity contribution is 5.78. The maximum atomic E-state index is 11.9. The largest absolute Gasteiger partial charge is 0.496 e. The van der Waals surface area contributed by atoms with Gasteiger partial charge in [-0.25, -0.2) is 4.79 Å². The van der Waals surface area contributed by atoms with E-state index in [9.17, 15) is 4.79 Å². The van der Waals surface area contributed by atoms with Crippen molar-refractivity contribution in [3.63, 3.8) is 0 Å². The molecule has 2 fully saturated rings. The molecule has 2 aliphatic rings. The van der Waals surface area contributed by atoms with Crippen molar-refractivity contribution in [2.75, 3.05) is 7.11 Å². The van der Waals surface area contributed by atoms with Gasteiger partial charge < -0.3 is 14.2 Å². The molecule has 0 aromatic heterocycles. The Morgan fingerprint density at radius 2 is 2.20 bits per heavy atom. The van der Waals surface area contributed by atoms with Crippen LogP contribution < -0.4 is 4.74 Å². The van der Waals surface area contributed by atoms with Crippen molar-refractivity contribution in [2.45, 2.75) is 50.9 Å². The van der Waals surface area contributed by atoms with E-state index in [-0.39, 0.29) is 18.2 Å². The second-order valence-electron chi connectivity index (χ2n) is 5.39. The number of ether oxygens (including phenoxy) is 3. The van der Waals surface area contributed by atoms with E-state index >= 15 is 0 Å². The highest BCUT2D eigenvalue weighted by atomic mass is 16.6. The first-order chi connectivity index (χ1) is 9.72. The van der Waals surface area contributed by atoms with Gasteiger partial charge in [0.05, 0.1) is 7.11 Å². The van der Waals surface area contributed by atoms with E-state index in [0.29, 0.717) is 0 Å². The van der Waals surface area contributed by atoms with Gasteiger partial charge in [-0.1, -0.05) is 13.0 Å². The van der Waals surface area contributed by atoms with Crippen LogP contribution in [-0.2, 0) is 20.7 Å². The van der Waals surface area contributed by atoms with Crippen LogP contribution in [0.1, 0.15) is 43.4 Å². The summed E-state index contributed by atoms with van der Waals surface area (Å²) in [6.07, 6.45) is 3.57. The molecular formula is C16H20O4. The van der Waals surface area contributed by atoms with Gasteiger partial charge in [0.15, 0.2) is 6.10 Å². The quantitative estimate of drug-likeness (QED) is 0.613. The van der Waals surface area contributed by atoms with E-state index in [1.807, 2.05) is 12.1 Å². The third-order valence-corrected chi connectivity index (χ3v) is 4.07. The Morgan fingerprint density at radius 1 is 1.40 bits per heavy atom. The lowest BCUT2D eigenvalue weighted by Gasteiger charge is -2.24. The van der Waals surface area contributed by atoms with E-state index < -0.39 is 6.10 Å². The Bertz CT molecular complexity index is 507. The molecule has 1 saturated carbocycles. The van der Waals surface area contributed by atoms with Crippen LogP contribution in [0.3, 0.4) is 0 Å². The standard InChI is InChI=1S/C16H20O4/c1-3-10-9-11(7-8-13(10)18-2)14-15(20-14)16(17)19-12-5-4-6-12/h7-9,12,14-15H,3-6H2,1-2H3. The van der Waals surface area contributed by atoms with Crippen LogP contribution in [0.25, 0.3) is 0 Å². The molecular weight excluding hydrogens is 256 g/mol. The minimum absolute atomic E-state index is 0.120. The Kier molecular flexibility index (Phi) is 3.66. The molecule has 1 aromatic carbocycles. The fourth-order valence-electron chi connectivity index (χ4n) is 2.52. The molecule has 1 aromatic rings. The first-order valence-corrected chi connectivity index (χ1v) is 7.25.